The van der Waals surface area contributed by atoms with Gasteiger partial charge < -0.3 is 14.2 Å². The summed E-state index contributed by atoms with van der Waals surface area (Å²) in [5.41, 5.74) is 1.53. The molecule has 3 aromatic rings. The zero-order valence-electron chi connectivity index (χ0n) is 16.5. The lowest BCUT2D eigenvalue weighted by Gasteiger charge is -2.34. The van der Waals surface area contributed by atoms with Crippen LogP contribution in [0.25, 0.3) is 12.2 Å². The molecule has 0 aliphatic carbocycles. The maximum Gasteiger partial charge on any atom is 0.255 e. The van der Waals surface area contributed by atoms with E-state index in [1.54, 1.807) is 47.4 Å². The number of anilines is 1. The van der Waals surface area contributed by atoms with Crippen LogP contribution in [0.3, 0.4) is 0 Å². The van der Waals surface area contributed by atoms with E-state index in [0.717, 1.165) is 5.56 Å². The van der Waals surface area contributed by atoms with Crippen LogP contribution in [0.2, 0.25) is 10.0 Å². The van der Waals surface area contributed by atoms with E-state index in [4.69, 9.17) is 27.6 Å². The van der Waals surface area contributed by atoms with Crippen molar-refractivity contribution in [1.29, 1.82) is 5.26 Å². The van der Waals surface area contributed by atoms with E-state index in [1.807, 2.05) is 23.1 Å². The number of piperazine rings is 1. The minimum atomic E-state index is -0.105. The number of rotatable bonds is 4. The number of oxazole rings is 1. The molecule has 0 unspecified atom stereocenters. The summed E-state index contributed by atoms with van der Waals surface area (Å²) >= 11 is 12.3. The van der Waals surface area contributed by atoms with Crippen LogP contribution in [0.1, 0.15) is 27.5 Å². The topological polar surface area (TPSA) is 73.4 Å². The first-order valence-corrected chi connectivity index (χ1v) is 10.4. The van der Waals surface area contributed by atoms with Gasteiger partial charge in [0, 0.05) is 37.3 Å². The summed E-state index contributed by atoms with van der Waals surface area (Å²) in [4.78, 5) is 20.7. The molecule has 1 saturated heterocycles. The van der Waals surface area contributed by atoms with Crippen molar-refractivity contribution in [3.8, 4) is 6.07 Å². The average molecular weight is 453 g/mol. The number of nitrogens with zero attached hydrogens (tertiary/aromatic N) is 4. The first kappa shape index (κ1) is 21.0. The third kappa shape index (κ3) is 4.58. The van der Waals surface area contributed by atoms with E-state index in [1.165, 1.54) is 0 Å². The van der Waals surface area contributed by atoms with Gasteiger partial charge in [-0.15, -0.1) is 0 Å². The Labute approximate surface area is 189 Å². The zero-order valence-corrected chi connectivity index (χ0v) is 18.0. The normalized spacial score (nSPS) is 14.1. The summed E-state index contributed by atoms with van der Waals surface area (Å²) in [7, 11) is 0. The third-order valence-corrected chi connectivity index (χ3v) is 5.67. The molecule has 0 radical (unpaired) electrons. The molecule has 0 N–H and O–H groups in total. The van der Waals surface area contributed by atoms with Crippen LogP contribution >= 0.6 is 23.2 Å². The van der Waals surface area contributed by atoms with Crippen LogP contribution in [0.15, 0.2) is 52.9 Å². The summed E-state index contributed by atoms with van der Waals surface area (Å²) < 4.78 is 5.84. The highest BCUT2D eigenvalue weighted by Crippen LogP contribution is 2.26. The third-order valence-electron chi connectivity index (χ3n) is 5.00. The monoisotopic (exact) mass is 452 g/mol. The summed E-state index contributed by atoms with van der Waals surface area (Å²) in [6, 6.07) is 16.5. The van der Waals surface area contributed by atoms with Crippen molar-refractivity contribution in [1.82, 2.24) is 9.88 Å². The summed E-state index contributed by atoms with van der Waals surface area (Å²) in [5, 5.41) is 10.5. The Kier molecular flexibility index (Phi) is 6.26. The van der Waals surface area contributed by atoms with Crippen molar-refractivity contribution in [2.24, 2.45) is 0 Å². The second-order valence-corrected chi connectivity index (χ2v) is 7.75. The lowest BCUT2D eigenvalue weighted by molar-refractivity contribution is 0.0745. The van der Waals surface area contributed by atoms with E-state index < -0.39 is 0 Å². The largest absolute Gasteiger partial charge is 0.420 e. The average Bonchev–Trinajstić information content (AvgIpc) is 3.22. The van der Waals surface area contributed by atoms with E-state index in [9.17, 15) is 10.1 Å². The molecular weight excluding hydrogens is 435 g/mol. The SMILES string of the molecule is N#Cc1nc(/C=C/c2ccccc2Cl)oc1N1CCN(C(=O)c2ccccc2Cl)CC1. The first-order valence-electron chi connectivity index (χ1n) is 9.69. The molecule has 1 aliphatic rings. The van der Waals surface area contributed by atoms with E-state index >= 15 is 0 Å². The number of amides is 1. The Morgan fingerprint density at radius 1 is 1.00 bits per heavy atom. The van der Waals surface area contributed by atoms with Gasteiger partial charge in [0.05, 0.1) is 10.6 Å². The summed E-state index contributed by atoms with van der Waals surface area (Å²) in [6.45, 7) is 2.02. The van der Waals surface area contributed by atoms with Crippen molar-refractivity contribution < 1.29 is 9.21 Å². The highest BCUT2D eigenvalue weighted by molar-refractivity contribution is 6.33. The molecule has 1 amide bonds. The van der Waals surface area contributed by atoms with Crippen LogP contribution in [0.5, 0.6) is 0 Å². The highest BCUT2D eigenvalue weighted by atomic mass is 35.5. The molecule has 1 fully saturated rings. The Hall–Kier alpha value is -3.27. The van der Waals surface area contributed by atoms with Crippen LogP contribution in [-0.2, 0) is 0 Å². The summed E-state index contributed by atoms with van der Waals surface area (Å²) in [6.07, 6.45) is 3.47. The maximum absolute atomic E-state index is 12.8. The molecule has 8 heteroatoms. The van der Waals surface area contributed by atoms with Gasteiger partial charge in [0.25, 0.3) is 5.91 Å². The molecule has 2 aromatic carbocycles. The minimum absolute atomic E-state index is 0.105. The number of hydrogen-bond donors (Lipinski definition) is 0. The molecule has 0 saturated carbocycles. The van der Waals surface area contributed by atoms with Crippen LogP contribution < -0.4 is 4.90 Å². The summed E-state index contributed by atoms with van der Waals surface area (Å²) in [5.74, 6) is 0.624. The number of benzene rings is 2. The molecule has 156 valence electrons. The van der Waals surface area contributed by atoms with Crippen molar-refractivity contribution in [3.05, 3.63) is 81.3 Å². The minimum Gasteiger partial charge on any atom is -0.420 e. The Bertz CT molecular complexity index is 1170. The van der Waals surface area contributed by atoms with Crippen LogP contribution in [0, 0.1) is 11.3 Å². The van der Waals surface area contributed by atoms with Gasteiger partial charge in [-0.25, -0.2) is 0 Å². The van der Waals surface area contributed by atoms with Crippen molar-refractivity contribution in [2.45, 2.75) is 0 Å². The fourth-order valence-corrected chi connectivity index (χ4v) is 3.79. The van der Waals surface area contributed by atoms with E-state index in [-0.39, 0.29) is 11.6 Å². The Morgan fingerprint density at radius 2 is 1.68 bits per heavy atom. The molecule has 0 spiro atoms. The zero-order chi connectivity index (χ0) is 21.8. The molecule has 0 atom stereocenters. The number of halogens is 2. The Balaban J connectivity index is 1.46. The predicted molar refractivity (Wildman–Crippen MR) is 121 cm³/mol. The fraction of sp³-hybridized carbons (Fsp3) is 0.174. The number of hydrogen-bond acceptors (Lipinski definition) is 5. The molecule has 31 heavy (non-hydrogen) atoms. The number of carbonyl (C=O) groups excluding carboxylic acids is 1. The standard InChI is InChI=1S/C23H18Cl2N4O2/c24-18-7-3-1-5-16(18)9-10-21-27-20(15-26)23(31-21)29-13-11-28(12-14-29)22(30)17-6-2-4-8-19(17)25/h1-10H,11-14H2/b10-9+. The predicted octanol–water partition coefficient (Wildman–Crippen LogP) is 4.99. The van der Waals surface area contributed by atoms with Gasteiger partial charge in [-0.05, 0) is 29.8 Å². The van der Waals surface area contributed by atoms with Crippen molar-refractivity contribution in [2.75, 3.05) is 31.1 Å². The van der Waals surface area contributed by atoms with Gasteiger partial charge in [-0.1, -0.05) is 53.5 Å². The molecule has 0 bridgehead atoms. The molecule has 1 aromatic heterocycles. The highest BCUT2D eigenvalue weighted by Gasteiger charge is 2.27. The van der Waals surface area contributed by atoms with E-state index in [0.29, 0.717) is 53.6 Å². The lowest BCUT2D eigenvalue weighted by atomic mass is 10.2. The van der Waals surface area contributed by atoms with Gasteiger partial charge in [0.15, 0.2) is 0 Å². The quantitative estimate of drug-likeness (QED) is 0.557. The first-order chi connectivity index (χ1) is 15.1. The second kappa shape index (κ2) is 9.25. The molecule has 2 heterocycles. The fourth-order valence-electron chi connectivity index (χ4n) is 3.38. The van der Waals surface area contributed by atoms with Gasteiger partial charge in [0.2, 0.25) is 17.5 Å². The lowest BCUT2D eigenvalue weighted by Crippen LogP contribution is -2.49. The Morgan fingerprint density at radius 3 is 2.35 bits per heavy atom. The molecule has 6 nitrogen and oxygen atoms in total. The van der Waals surface area contributed by atoms with Crippen molar-refractivity contribution >= 4 is 47.1 Å². The van der Waals surface area contributed by atoms with E-state index in [2.05, 4.69) is 11.1 Å². The molecule has 1 aliphatic heterocycles. The van der Waals surface area contributed by atoms with Gasteiger partial charge in [-0.2, -0.15) is 10.2 Å². The smallest absolute Gasteiger partial charge is 0.255 e. The van der Waals surface area contributed by atoms with Gasteiger partial charge in [0.1, 0.15) is 6.07 Å². The molecular formula is C23H18Cl2N4O2. The number of nitriles is 1. The van der Waals surface area contributed by atoms with Gasteiger partial charge in [-0.3, -0.25) is 4.79 Å². The maximum atomic E-state index is 12.8. The molecule has 4 rings (SSSR count). The van der Waals surface area contributed by atoms with Crippen molar-refractivity contribution in [3.63, 3.8) is 0 Å². The van der Waals surface area contributed by atoms with Gasteiger partial charge >= 0.3 is 0 Å². The van der Waals surface area contributed by atoms with Crippen LogP contribution in [0.4, 0.5) is 5.88 Å². The number of carbonyl (C=O) groups is 1. The number of aromatic nitrogens is 1. The van der Waals surface area contributed by atoms with Crippen LogP contribution in [-0.4, -0.2) is 42.0 Å². The second-order valence-electron chi connectivity index (χ2n) is 6.93.